The monoisotopic (exact) mass is 444 g/mol. The van der Waals surface area contributed by atoms with Crippen molar-refractivity contribution in [3.63, 3.8) is 0 Å². The summed E-state index contributed by atoms with van der Waals surface area (Å²) in [6, 6.07) is 13.1. The standard InChI is InChI=1S/C25H24N4O2S/c1-15-5-8-23(27-12-15)20-9-21(11-22(10-20)31-25-28-17(3)14-32-25)24(30)29-18(4)19-7-6-16(2)26-13-19/h5-14,18H,1-4H3,(H,29,30)/t18-/m1/s1. The summed E-state index contributed by atoms with van der Waals surface area (Å²) in [6.07, 6.45) is 3.59. The summed E-state index contributed by atoms with van der Waals surface area (Å²) in [5.41, 5.74) is 5.88. The molecule has 32 heavy (non-hydrogen) atoms. The Morgan fingerprint density at radius 1 is 1.00 bits per heavy atom. The number of hydrogen-bond acceptors (Lipinski definition) is 6. The van der Waals surface area contributed by atoms with Crippen LogP contribution in [0.25, 0.3) is 11.3 Å². The SMILES string of the molecule is Cc1ccc(-c2cc(Oc3nc(C)cs3)cc(C(=O)N[C@H](C)c3ccc(C)nc3)c2)nc1. The van der Waals surface area contributed by atoms with Gasteiger partial charge in [0, 0.05) is 34.6 Å². The molecule has 6 nitrogen and oxygen atoms in total. The number of aryl methyl sites for hydroxylation is 3. The fourth-order valence-corrected chi connectivity index (χ4v) is 3.82. The fraction of sp³-hybridized carbons (Fsp3) is 0.200. The zero-order valence-electron chi connectivity index (χ0n) is 18.4. The highest BCUT2D eigenvalue weighted by atomic mass is 32.1. The van der Waals surface area contributed by atoms with Gasteiger partial charge in [0.05, 0.1) is 17.4 Å². The number of benzene rings is 1. The second-order valence-electron chi connectivity index (χ2n) is 7.75. The lowest BCUT2D eigenvalue weighted by Gasteiger charge is -2.15. The molecule has 1 N–H and O–H groups in total. The van der Waals surface area contributed by atoms with Crippen molar-refractivity contribution in [1.82, 2.24) is 20.3 Å². The first-order chi connectivity index (χ1) is 15.4. The molecular weight excluding hydrogens is 420 g/mol. The van der Waals surface area contributed by atoms with Crippen molar-refractivity contribution in [2.24, 2.45) is 0 Å². The van der Waals surface area contributed by atoms with Gasteiger partial charge in [-0.05, 0) is 69.2 Å². The van der Waals surface area contributed by atoms with Crippen molar-refractivity contribution in [1.29, 1.82) is 0 Å². The number of pyridine rings is 2. The molecular formula is C25H24N4O2S. The number of amides is 1. The molecule has 0 bridgehead atoms. The van der Waals surface area contributed by atoms with Gasteiger partial charge >= 0.3 is 0 Å². The van der Waals surface area contributed by atoms with Crippen LogP contribution in [0.15, 0.2) is 60.2 Å². The van der Waals surface area contributed by atoms with E-state index in [0.29, 0.717) is 16.5 Å². The van der Waals surface area contributed by atoms with Gasteiger partial charge in [-0.25, -0.2) is 4.98 Å². The number of thiazole rings is 1. The normalized spacial score (nSPS) is 11.8. The molecule has 0 aliphatic carbocycles. The van der Waals surface area contributed by atoms with Gasteiger partial charge in [-0.1, -0.05) is 23.5 Å². The molecule has 1 amide bonds. The molecule has 0 unspecified atom stereocenters. The maximum absolute atomic E-state index is 13.1. The molecule has 3 heterocycles. The molecule has 7 heteroatoms. The number of ether oxygens (including phenoxy) is 1. The number of rotatable bonds is 6. The maximum Gasteiger partial charge on any atom is 0.278 e. The number of hydrogen-bond donors (Lipinski definition) is 1. The second kappa shape index (κ2) is 9.28. The molecule has 162 valence electrons. The van der Waals surface area contributed by atoms with Crippen molar-refractivity contribution < 1.29 is 9.53 Å². The number of aromatic nitrogens is 3. The van der Waals surface area contributed by atoms with E-state index in [1.807, 2.05) is 69.5 Å². The van der Waals surface area contributed by atoms with Crippen molar-refractivity contribution in [2.45, 2.75) is 33.7 Å². The molecule has 0 saturated carbocycles. The van der Waals surface area contributed by atoms with Gasteiger partial charge < -0.3 is 10.1 Å². The van der Waals surface area contributed by atoms with Crippen molar-refractivity contribution in [2.75, 3.05) is 0 Å². The zero-order chi connectivity index (χ0) is 22.7. The first-order valence-electron chi connectivity index (χ1n) is 10.3. The van der Waals surface area contributed by atoms with E-state index in [1.165, 1.54) is 11.3 Å². The first-order valence-corrected chi connectivity index (χ1v) is 11.2. The lowest BCUT2D eigenvalue weighted by Crippen LogP contribution is -2.26. The third kappa shape index (κ3) is 5.18. The minimum atomic E-state index is -0.202. The quantitative estimate of drug-likeness (QED) is 0.406. The van der Waals surface area contributed by atoms with Gasteiger partial charge in [0.2, 0.25) is 0 Å². The van der Waals surface area contributed by atoms with Gasteiger partial charge in [-0.2, -0.15) is 0 Å². The van der Waals surface area contributed by atoms with Crippen LogP contribution in [0, 0.1) is 20.8 Å². The molecule has 0 radical (unpaired) electrons. The van der Waals surface area contributed by atoms with Gasteiger partial charge in [-0.3, -0.25) is 14.8 Å². The summed E-state index contributed by atoms with van der Waals surface area (Å²) in [5, 5.41) is 5.50. The highest BCUT2D eigenvalue weighted by molar-refractivity contribution is 7.11. The number of carbonyl (C=O) groups excluding carboxylic acids is 1. The van der Waals surface area contributed by atoms with E-state index in [0.717, 1.165) is 33.8 Å². The Kier molecular flexibility index (Phi) is 6.28. The van der Waals surface area contributed by atoms with E-state index in [-0.39, 0.29) is 11.9 Å². The van der Waals surface area contributed by atoms with Crippen LogP contribution in [0.2, 0.25) is 0 Å². The average Bonchev–Trinajstić information content (AvgIpc) is 3.18. The van der Waals surface area contributed by atoms with Crippen LogP contribution in [-0.2, 0) is 0 Å². The third-order valence-electron chi connectivity index (χ3n) is 4.96. The first kappa shape index (κ1) is 21.6. The summed E-state index contributed by atoms with van der Waals surface area (Å²) in [4.78, 5) is 26.3. The van der Waals surface area contributed by atoms with Crippen LogP contribution in [0.4, 0.5) is 0 Å². The fourth-order valence-electron chi connectivity index (χ4n) is 3.15. The summed E-state index contributed by atoms with van der Waals surface area (Å²) in [6.45, 7) is 7.77. The lowest BCUT2D eigenvalue weighted by molar-refractivity contribution is 0.0939. The van der Waals surface area contributed by atoms with Gasteiger partial charge in [0.1, 0.15) is 5.75 Å². The van der Waals surface area contributed by atoms with Crippen molar-refractivity contribution >= 4 is 17.2 Å². The third-order valence-corrected chi connectivity index (χ3v) is 5.80. The van der Waals surface area contributed by atoms with Crippen LogP contribution in [0.5, 0.6) is 10.9 Å². The number of carbonyl (C=O) groups is 1. The highest BCUT2D eigenvalue weighted by Crippen LogP contribution is 2.30. The van der Waals surface area contributed by atoms with Crippen LogP contribution in [0.1, 0.15) is 45.8 Å². The molecule has 0 fully saturated rings. The zero-order valence-corrected chi connectivity index (χ0v) is 19.2. The minimum Gasteiger partial charge on any atom is -0.431 e. The van der Waals surface area contributed by atoms with Crippen LogP contribution in [0.3, 0.4) is 0 Å². The van der Waals surface area contributed by atoms with Crippen molar-refractivity contribution in [3.05, 3.63) is 88.3 Å². The van der Waals surface area contributed by atoms with E-state index in [2.05, 4.69) is 20.3 Å². The smallest absolute Gasteiger partial charge is 0.278 e. The van der Waals surface area contributed by atoms with Crippen molar-refractivity contribution in [3.8, 4) is 22.2 Å². The van der Waals surface area contributed by atoms with Gasteiger partial charge in [-0.15, -0.1) is 0 Å². The Morgan fingerprint density at radius 2 is 1.84 bits per heavy atom. The number of nitrogens with one attached hydrogen (secondary N) is 1. The molecule has 1 aromatic carbocycles. The largest absolute Gasteiger partial charge is 0.431 e. The summed E-state index contributed by atoms with van der Waals surface area (Å²) in [7, 11) is 0. The summed E-state index contributed by atoms with van der Waals surface area (Å²) >= 11 is 1.41. The topological polar surface area (TPSA) is 77.0 Å². The summed E-state index contributed by atoms with van der Waals surface area (Å²) in [5.74, 6) is 0.334. The average molecular weight is 445 g/mol. The Hall–Kier alpha value is -3.58. The summed E-state index contributed by atoms with van der Waals surface area (Å²) < 4.78 is 5.97. The van der Waals surface area contributed by atoms with Crippen LogP contribution < -0.4 is 10.1 Å². The lowest BCUT2D eigenvalue weighted by atomic mass is 10.0. The van der Waals surface area contributed by atoms with Crippen LogP contribution >= 0.6 is 11.3 Å². The van der Waals surface area contributed by atoms with Gasteiger partial charge in [0.25, 0.3) is 11.1 Å². The Labute approximate surface area is 191 Å². The Morgan fingerprint density at radius 3 is 2.50 bits per heavy atom. The van der Waals surface area contributed by atoms with Crippen LogP contribution in [-0.4, -0.2) is 20.9 Å². The van der Waals surface area contributed by atoms with E-state index >= 15 is 0 Å². The maximum atomic E-state index is 13.1. The predicted molar refractivity (Wildman–Crippen MR) is 126 cm³/mol. The van der Waals surface area contributed by atoms with E-state index in [9.17, 15) is 4.79 Å². The molecule has 0 saturated heterocycles. The van der Waals surface area contributed by atoms with Gasteiger partial charge in [0.15, 0.2) is 0 Å². The molecule has 3 aromatic heterocycles. The van der Waals surface area contributed by atoms with E-state index in [1.54, 1.807) is 18.5 Å². The molecule has 1 atom stereocenters. The minimum absolute atomic E-state index is 0.192. The molecule has 0 spiro atoms. The second-order valence-corrected chi connectivity index (χ2v) is 8.57. The molecule has 0 aliphatic rings. The molecule has 4 aromatic rings. The highest BCUT2D eigenvalue weighted by Gasteiger charge is 2.16. The van der Waals surface area contributed by atoms with E-state index < -0.39 is 0 Å². The number of nitrogens with zero attached hydrogens (tertiary/aromatic N) is 3. The Balaban J connectivity index is 1.65. The molecule has 4 rings (SSSR count). The predicted octanol–water partition coefficient (Wildman–Crippen LogP) is 5.81. The van der Waals surface area contributed by atoms with E-state index in [4.69, 9.17) is 4.74 Å². The molecule has 0 aliphatic heterocycles. The Bertz CT molecular complexity index is 1230.